The van der Waals surface area contributed by atoms with Gasteiger partial charge in [-0.2, -0.15) is 4.85 Å². The number of hydrogen-bond acceptors (Lipinski definition) is 6. The lowest BCUT2D eigenvalue weighted by atomic mass is 9.70. The van der Waals surface area contributed by atoms with E-state index in [9.17, 15) is 0 Å². The summed E-state index contributed by atoms with van der Waals surface area (Å²) in [4.78, 5) is 15.8. The molecule has 0 radical (unpaired) electrons. The summed E-state index contributed by atoms with van der Waals surface area (Å²) in [6.45, 7) is 14.4. The Balaban J connectivity index is 1.27. The molecule has 1 spiro atoms. The van der Waals surface area contributed by atoms with Gasteiger partial charge < -0.3 is 14.1 Å². The van der Waals surface area contributed by atoms with Gasteiger partial charge in [0.1, 0.15) is 16.6 Å². The van der Waals surface area contributed by atoms with Gasteiger partial charge in [-0.15, -0.1) is 0 Å². The molecule has 0 aliphatic carbocycles. The van der Waals surface area contributed by atoms with Gasteiger partial charge in [-0.05, 0) is 49.9 Å². The molecule has 2 aromatic heterocycles. The first-order chi connectivity index (χ1) is 16.0. The summed E-state index contributed by atoms with van der Waals surface area (Å²) in [5.74, 6) is 2.33. The SMILES string of the molecule is [C-]#[N+]c1ccc(-c2cccc(Sc3cnc(N4CCC5(CC4)CO[C@@H](C)[C@H]5C)cn3)c2Cl)o1. The molecular weight excluding hydrogens is 456 g/mol. The van der Waals surface area contributed by atoms with E-state index in [1.165, 1.54) is 11.8 Å². The second-order valence-corrected chi connectivity index (χ2v) is 10.3. The van der Waals surface area contributed by atoms with E-state index >= 15 is 0 Å². The first-order valence-electron chi connectivity index (χ1n) is 11.1. The molecule has 1 aromatic carbocycles. The van der Waals surface area contributed by atoms with Crippen molar-refractivity contribution in [2.45, 2.75) is 42.7 Å². The summed E-state index contributed by atoms with van der Waals surface area (Å²) < 4.78 is 11.5. The average molecular weight is 481 g/mol. The van der Waals surface area contributed by atoms with Crippen molar-refractivity contribution in [2.75, 3.05) is 24.6 Å². The highest BCUT2D eigenvalue weighted by Gasteiger charge is 2.46. The lowest BCUT2D eigenvalue weighted by molar-refractivity contribution is 0.0969. The highest BCUT2D eigenvalue weighted by atomic mass is 35.5. The van der Waals surface area contributed by atoms with Gasteiger partial charge in [0.05, 0.1) is 36.7 Å². The fourth-order valence-electron chi connectivity index (χ4n) is 4.80. The van der Waals surface area contributed by atoms with Gasteiger partial charge in [-0.25, -0.2) is 9.97 Å². The number of anilines is 1. The van der Waals surface area contributed by atoms with Crippen molar-refractivity contribution in [1.29, 1.82) is 0 Å². The van der Waals surface area contributed by atoms with Crippen LogP contribution in [0.1, 0.15) is 26.7 Å². The van der Waals surface area contributed by atoms with Crippen molar-refractivity contribution in [3.05, 3.63) is 59.2 Å². The second kappa shape index (κ2) is 9.02. The molecule has 2 saturated heterocycles. The van der Waals surface area contributed by atoms with Gasteiger partial charge in [-0.1, -0.05) is 36.4 Å². The molecule has 2 aliphatic rings. The molecule has 8 heteroatoms. The molecule has 0 saturated carbocycles. The summed E-state index contributed by atoms with van der Waals surface area (Å²) in [6, 6.07) is 9.16. The van der Waals surface area contributed by atoms with E-state index in [1.807, 2.05) is 24.4 Å². The normalized spacial score (nSPS) is 21.9. The third kappa shape index (κ3) is 4.23. The molecule has 5 rings (SSSR count). The van der Waals surface area contributed by atoms with Gasteiger partial charge in [0, 0.05) is 29.0 Å². The molecule has 33 heavy (non-hydrogen) atoms. The first kappa shape index (κ1) is 22.3. The molecule has 170 valence electrons. The minimum absolute atomic E-state index is 0.244. The van der Waals surface area contributed by atoms with Crippen LogP contribution in [0.5, 0.6) is 0 Å². The zero-order chi connectivity index (χ0) is 23.0. The maximum atomic E-state index is 7.08. The Kier molecular flexibility index (Phi) is 6.09. The van der Waals surface area contributed by atoms with Crippen LogP contribution in [0.3, 0.4) is 0 Å². The number of piperidine rings is 1. The van der Waals surface area contributed by atoms with Crippen molar-refractivity contribution in [3.8, 4) is 11.3 Å². The molecule has 2 fully saturated rings. The van der Waals surface area contributed by atoms with E-state index in [0.29, 0.717) is 28.2 Å². The van der Waals surface area contributed by atoms with Crippen LogP contribution in [0.4, 0.5) is 11.7 Å². The maximum absolute atomic E-state index is 7.08. The summed E-state index contributed by atoms with van der Waals surface area (Å²) >= 11 is 8.12. The van der Waals surface area contributed by atoms with Crippen molar-refractivity contribution >= 4 is 35.1 Å². The molecule has 2 aliphatic heterocycles. The average Bonchev–Trinajstić information content (AvgIpc) is 3.43. The lowest BCUT2D eigenvalue weighted by Crippen LogP contribution is -2.44. The van der Waals surface area contributed by atoms with Crippen molar-refractivity contribution in [1.82, 2.24) is 9.97 Å². The first-order valence-corrected chi connectivity index (χ1v) is 12.3. The van der Waals surface area contributed by atoms with Gasteiger partial charge in [0.2, 0.25) is 0 Å². The predicted octanol–water partition coefficient (Wildman–Crippen LogP) is 6.73. The van der Waals surface area contributed by atoms with E-state index in [2.05, 4.69) is 33.6 Å². The number of ether oxygens (including phenoxy) is 1. The van der Waals surface area contributed by atoms with Crippen LogP contribution in [0.15, 0.2) is 57.1 Å². The quantitative estimate of drug-likeness (QED) is 0.386. The van der Waals surface area contributed by atoms with E-state index < -0.39 is 0 Å². The lowest BCUT2D eigenvalue weighted by Gasteiger charge is -2.41. The molecule has 2 atom stereocenters. The minimum atomic E-state index is 0.244. The number of halogens is 1. The largest absolute Gasteiger partial charge is 0.480 e. The Bertz CT molecular complexity index is 1180. The van der Waals surface area contributed by atoms with Crippen LogP contribution >= 0.6 is 23.4 Å². The van der Waals surface area contributed by atoms with Gasteiger partial charge in [-0.3, -0.25) is 0 Å². The standard InChI is InChI=1S/C25H25ClN4O2S/c1-16-17(2)31-15-25(16)9-11-30(12-10-25)21-13-29-23(14-28-21)33-20-6-4-5-18(24(20)26)19-7-8-22(27-3)32-19/h4-8,13-14,16-17H,9-12,15H2,1-2H3/t16-,17+/m1/s1. The summed E-state index contributed by atoms with van der Waals surface area (Å²) in [5.41, 5.74) is 1.06. The zero-order valence-corrected chi connectivity index (χ0v) is 20.2. The van der Waals surface area contributed by atoms with E-state index in [-0.39, 0.29) is 5.88 Å². The Hall–Kier alpha value is -2.53. The van der Waals surface area contributed by atoms with Gasteiger partial charge in [0.15, 0.2) is 0 Å². The summed E-state index contributed by atoms with van der Waals surface area (Å²) in [6.07, 6.45) is 6.26. The van der Waals surface area contributed by atoms with Crippen LogP contribution < -0.4 is 4.90 Å². The fraction of sp³-hybridized carbons (Fsp3) is 0.400. The smallest absolute Gasteiger partial charge is 0.346 e. The van der Waals surface area contributed by atoms with Crippen LogP contribution in [-0.4, -0.2) is 35.8 Å². The molecule has 6 nitrogen and oxygen atoms in total. The van der Waals surface area contributed by atoms with E-state index in [4.69, 9.17) is 27.3 Å². The van der Waals surface area contributed by atoms with Crippen LogP contribution in [0.25, 0.3) is 16.2 Å². The Morgan fingerprint density at radius 3 is 2.61 bits per heavy atom. The van der Waals surface area contributed by atoms with Crippen molar-refractivity contribution < 1.29 is 9.15 Å². The third-order valence-corrected chi connectivity index (χ3v) is 8.65. The van der Waals surface area contributed by atoms with Crippen LogP contribution in [0, 0.1) is 17.9 Å². The maximum Gasteiger partial charge on any atom is 0.346 e. The number of hydrogen-bond donors (Lipinski definition) is 0. The highest BCUT2D eigenvalue weighted by molar-refractivity contribution is 7.99. The topological polar surface area (TPSA) is 55.8 Å². The number of aromatic nitrogens is 2. The minimum Gasteiger partial charge on any atom is -0.480 e. The van der Waals surface area contributed by atoms with Gasteiger partial charge >= 0.3 is 5.88 Å². The molecule has 0 N–H and O–H groups in total. The molecule has 4 heterocycles. The fourth-order valence-corrected chi connectivity index (χ4v) is 5.92. The zero-order valence-electron chi connectivity index (χ0n) is 18.6. The Morgan fingerprint density at radius 2 is 1.97 bits per heavy atom. The van der Waals surface area contributed by atoms with Gasteiger partial charge in [0.25, 0.3) is 0 Å². The highest BCUT2D eigenvalue weighted by Crippen LogP contribution is 2.46. The number of furan rings is 1. The van der Waals surface area contributed by atoms with Crippen LogP contribution in [-0.2, 0) is 4.74 Å². The Labute approximate surface area is 203 Å². The molecular formula is C25H25ClN4O2S. The molecule has 0 bridgehead atoms. The predicted molar refractivity (Wildman–Crippen MR) is 130 cm³/mol. The van der Waals surface area contributed by atoms with E-state index in [1.54, 1.807) is 18.3 Å². The third-order valence-electron chi connectivity index (χ3n) is 7.15. The molecule has 3 aromatic rings. The van der Waals surface area contributed by atoms with Crippen molar-refractivity contribution in [3.63, 3.8) is 0 Å². The van der Waals surface area contributed by atoms with Crippen LogP contribution in [0.2, 0.25) is 5.02 Å². The number of benzene rings is 1. The Morgan fingerprint density at radius 1 is 1.15 bits per heavy atom. The van der Waals surface area contributed by atoms with Crippen molar-refractivity contribution in [2.24, 2.45) is 11.3 Å². The molecule has 0 amide bonds. The monoisotopic (exact) mass is 480 g/mol. The molecule has 0 unspecified atom stereocenters. The summed E-state index contributed by atoms with van der Waals surface area (Å²) in [7, 11) is 0. The van der Waals surface area contributed by atoms with E-state index in [0.717, 1.165) is 53.8 Å². The number of rotatable bonds is 4. The number of nitrogens with zero attached hydrogens (tertiary/aromatic N) is 4. The second-order valence-electron chi connectivity index (χ2n) is 8.84. The summed E-state index contributed by atoms with van der Waals surface area (Å²) in [5, 5.41) is 1.35.